The molecule has 172 valence electrons. The van der Waals surface area contributed by atoms with Gasteiger partial charge in [-0.05, 0) is 50.6 Å². The predicted octanol–water partition coefficient (Wildman–Crippen LogP) is 2.39. The highest BCUT2D eigenvalue weighted by atomic mass is 32.2. The highest BCUT2D eigenvalue weighted by Gasteiger charge is 2.24. The highest BCUT2D eigenvalue weighted by molar-refractivity contribution is 7.89. The number of carbonyl (C=O) groups excluding carboxylic acids is 1. The van der Waals surface area contributed by atoms with Crippen LogP contribution in [0.25, 0.3) is 21.8 Å². The van der Waals surface area contributed by atoms with Crippen LogP contribution in [-0.4, -0.2) is 50.1 Å². The first-order chi connectivity index (χ1) is 15.4. The summed E-state index contributed by atoms with van der Waals surface area (Å²) in [7, 11) is -3.76. The van der Waals surface area contributed by atoms with Crippen molar-refractivity contribution in [1.29, 1.82) is 0 Å². The smallest absolute Gasteiger partial charge is 0.340 e. The molecule has 0 radical (unpaired) electrons. The number of pyridine rings is 1. The Morgan fingerprint density at radius 1 is 1.22 bits per heavy atom. The van der Waals surface area contributed by atoms with Gasteiger partial charge in [-0.15, -0.1) is 0 Å². The van der Waals surface area contributed by atoms with Crippen LogP contribution < -0.4 is 15.6 Å². The number of esters is 1. The maximum atomic E-state index is 13.0. The number of aromatic nitrogens is 2. The van der Waals surface area contributed by atoms with Crippen LogP contribution in [0.4, 0.5) is 0 Å². The van der Waals surface area contributed by atoms with Gasteiger partial charge in [0.2, 0.25) is 10.0 Å². The lowest BCUT2D eigenvalue weighted by molar-refractivity contribution is 0.0500. The summed E-state index contributed by atoms with van der Waals surface area (Å²) in [5, 5.41) is 4.04. The molecule has 4 N–H and O–H groups in total. The van der Waals surface area contributed by atoms with Gasteiger partial charge in [-0.2, -0.15) is 0 Å². The molecule has 9 nitrogen and oxygen atoms in total. The average Bonchev–Trinajstić information content (AvgIpc) is 3.23. The average molecular weight is 461 g/mol. The van der Waals surface area contributed by atoms with E-state index in [2.05, 4.69) is 26.9 Å². The van der Waals surface area contributed by atoms with E-state index < -0.39 is 16.0 Å². The molecule has 0 bridgehead atoms. The Morgan fingerprint density at radius 3 is 2.75 bits per heavy atom. The van der Waals surface area contributed by atoms with Crippen molar-refractivity contribution in [2.75, 3.05) is 19.7 Å². The van der Waals surface area contributed by atoms with Crippen molar-refractivity contribution in [2.45, 2.75) is 50.0 Å². The van der Waals surface area contributed by atoms with Gasteiger partial charge < -0.3 is 20.0 Å². The molecule has 3 aromatic rings. The molecule has 3 heterocycles. The molecule has 1 aromatic carbocycles. The number of piperidine rings is 1. The second-order valence-corrected chi connectivity index (χ2v) is 9.82. The number of ether oxygens (including phenoxy) is 1. The van der Waals surface area contributed by atoms with Crippen molar-refractivity contribution < 1.29 is 17.9 Å². The van der Waals surface area contributed by atoms with Crippen LogP contribution in [0.1, 0.15) is 49.4 Å². The van der Waals surface area contributed by atoms with Crippen molar-refractivity contribution in [3.05, 3.63) is 40.3 Å². The quantitative estimate of drug-likeness (QED) is 0.301. The number of aromatic amines is 2. The molecule has 0 amide bonds. The summed E-state index contributed by atoms with van der Waals surface area (Å²) in [6.45, 7) is 3.88. The summed E-state index contributed by atoms with van der Waals surface area (Å²) in [5.41, 5.74) is 0.483. The molecule has 32 heavy (non-hydrogen) atoms. The third kappa shape index (κ3) is 4.57. The molecular formula is C22H28N4O5S. The number of carbonyl (C=O) groups is 1. The van der Waals surface area contributed by atoms with E-state index in [-0.39, 0.29) is 27.6 Å². The lowest BCUT2D eigenvalue weighted by Crippen LogP contribution is -2.42. The van der Waals surface area contributed by atoms with Gasteiger partial charge in [-0.25, -0.2) is 17.9 Å². The standard InChI is InChI=1S/C22H28N4O5S/c1-2-3-4-11-31-22(28)17-13-24-20-19(17)16-12-15(5-6-18(16)25-21(20)27)32(29,30)26-14-7-9-23-10-8-14/h5-6,12-14,23-24,26H,2-4,7-11H2,1H3,(H,25,27). The molecule has 0 unspecified atom stereocenters. The molecular weight excluding hydrogens is 432 g/mol. The van der Waals surface area contributed by atoms with Gasteiger partial charge in [0.25, 0.3) is 5.56 Å². The minimum atomic E-state index is -3.76. The van der Waals surface area contributed by atoms with Crippen LogP contribution in [0.2, 0.25) is 0 Å². The Kier molecular flexibility index (Phi) is 6.63. The van der Waals surface area contributed by atoms with Gasteiger partial charge in [0.05, 0.1) is 17.1 Å². The molecule has 10 heteroatoms. The molecule has 0 saturated carbocycles. The predicted molar refractivity (Wildman–Crippen MR) is 122 cm³/mol. The summed E-state index contributed by atoms with van der Waals surface area (Å²) < 4.78 is 34.2. The molecule has 0 spiro atoms. The van der Waals surface area contributed by atoms with Crippen LogP contribution in [-0.2, 0) is 14.8 Å². The second-order valence-electron chi connectivity index (χ2n) is 8.10. The molecule has 0 atom stereocenters. The van der Waals surface area contributed by atoms with Crippen LogP contribution >= 0.6 is 0 Å². The summed E-state index contributed by atoms with van der Waals surface area (Å²) >= 11 is 0. The number of hydrogen-bond donors (Lipinski definition) is 4. The zero-order valence-corrected chi connectivity index (χ0v) is 18.8. The highest BCUT2D eigenvalue weighted by Crippen LogP contribution is 2.28. The number of H-pyrrole nitrogens is 2. The number of unbranched alkanes of at least 4 members (excludes halogenated alkanes) is 2. The first-order valence-electron chi connectivity index (χ1n) is 11.0. The van der Waals surface area contributed by atoms with Crippen LogP contribution in [0.15, 0.2) is 34.1 Å². The molecule has 4 rings (SSSR count). The summed E-state index contributed by atoms with van der Waals surface area (Å²) in [6, 6.07) is 4.38. The molecule has 1 aliphatic heterocycles. The van der Waals surface area contributed by atoms with Gasteiger partial charge in [0.1, 0.15) is 5.52 Å². The van der Waals surface area contributed by atoms with E-state index in [1.807, 2.05) is 0 Å². The van der Waals surface area contributed by atoms with Crippen LogP contribution in [0.3, 0.4) is 0 Å². The van der Waals surface area contributed by atoms with Crippen molar-refractivity contribution in [3.8, 4) is 0 Å². The van der Waals surface area contributed by atoms with Crippen LogP contribution in [0.5, 0.6) is 0 Å². The number of sulfonamides is 1. The Balaban J connectivity index is 1.73. The number of benzene rings is 1. The lowest BCUT2D eigenvalue weighted by Gasteiger charge is -2.23. The first-order valence-corrected chi connectivity index (χ1v) is 12.5. The number of nitrogens with one attached hydrogen (secondary N) is 4. The third-order valence-electron chi connectivity index (χ3n) is 5.79. The van der Waals surface area contributed by atoms with Gasteiger partial charge >= 0.3 is 5.97 Å². The normalized spacial score (nSPS) is 15.4. The van der Waals surface area contributed by atoms with E-state index in [0.29, 0.717) is 22.9 Å². The fraction of sp³-hybridized carbons (Fsp3) is 0.455. The Bertz CT molecular complexity index is 1290. The maximum absolute atomic E-state index is 13.0. The molecule has 2 aromatic heterocycles. The summed E-state index contributed by atoms with van der Waals surface area (Å²) in [6.07, 6.45) is 5.60. The third-order valence-corrected chi connectivity index (χ3v) is 7.31. The van der Waals surface area contributed by atoms with E-state index in [4.69, 9.17) is 4.74 Å². The second kappa shape index (κ2) is 9.43. The van der Waals surface area contributed by atoms with Crippen molar-refractivity contribution in [3.63, 3.8) is 0 Å². The van der Waals surface area contributed by atoms with E-state index in [1.54, 1.807) is 6.07 Å². The number of fused-ring (bicyclic) bond motifs is 3. The van der Waals surface area contributed by atoms with Crippen molar-refractivity contribution in [2.24, 2.45) is 0 Å². The zero-order chi connectivity index (χ0) is 22.7. The SMILES string of the molecule is CCCCCOC(=O)c1c[nH]c2c(=O)[nH]c3ccc(S(=O)(=O)NC4CCNCC4)cc3c12. The van der Waals surface area contributed by atoms with Gasteiger partial charge in [-0.3, -0.25) is 4.79 Å². The van der Waals surface area contributed by atoms with Crippen LogP contribution in [0, 0.1) is 0 Å². The Morgan fingerprint density at radius 2 is 2.00 bits per heavy atom. The monoisotopic (exact) mass is 460 g/mol. The molecule has 0 aliphatic carbocycles. The van der Waals surface area contributed by atoms with E-state index in [0.717, 1.165) is 45.2 Å². The van der Waals surface area contributed by atoms with E-state index >= 15 is 0 Å². The van der Waals surface area contributed by atoms with E-state index in [1.165, 1.54) is 18.3 Å². The fourth-order valence-electron chi connectivity index (χ4n) is 4.06. The Labute approximate surface area is 186 Å². The first kappa shape index (κ1) is 22.5. The zero-order valence-electron chi connectivity index (χ0n) is 18.0. The summed E-state index contributed by atoms with van der Waals surface area (Å²) in [4.78, 5) is 30.9. The molecule has 1 saturated heterocycles. The number of rotatable bonds is 8. The molecule has 1 aliphatic rings. The minimum absolute atomic E-state index is 0.0837. The lowest BCUT2D eigenvalue weighted by atomic mass is 10.1. The Hall–Kier alpha value is -2.69. The topological polar surface area (TPSA) is 133 Å². The number of hydrogen-bond acceptors (Lipinski definition) is 6. The van der Waals surface area contributed by atoms with Gasteiger partial charge in [-0.1, -0.05) is 19.8 Å². The van der Waals surface area contributed by atoms with Crippen molar-refractivity contribution in [1.82, 2.24) is 20.0 Å². The maximum Gasteiger partial charge on any atom is 0.340 e. The van der Waals surface area contributed by atoms with Gasteiger partial charge in [0, 0.05) is 28.5 Å². The van der Waals surface area contributed by atoms with Gasteiger partial charge in [0.15, 0.2) is 0 Å². The minimum Gasteiger partial charge on any atom is -0.462 e. The van der Waals surface area contributed by atoms with E-state index in [9.17, 15) is 18.0 Å². The van der Waals surface area contributed by atoms with Crippen molar-refractivity contribution >= 4 is 37.8 Å². The fourth-order valence-corrected chi connectivity index (χ4v) is 5.39. The summed E-state index contributed by atoms with van der Waals surface area (Å²) in [5.74, 6) is -0.541. The largest absolute Gasteiger partial charge is 0.462 e. The molecule has 1 fully saturated rings.